The normalized spacial score (nSPS) is 23.4. The molecule has 2 atom stereocenters. The summed E-state index contributed by atoms with van der Waals surface area (Å²) in [5.41, 5.74) is 0. The average Bonchev–Trinajstić information content (AvgIpc) is 2.91. The molecular formula is C20H30N4O5S. The van der Waals surface area contributed by atoms with Gasteiger partial charge in [0.25, 0.3) is 0 Å². The third kappa shape index (κ3) is 4.54. The van der Waals surface area contributed by atoms with E-state index in [0.717, 1.165) is 0 Å². The van der Waals surface area contributed by atoms with Gasteiger partial charge in [0.1, 0.15) is 16.7 Å². The van der Waals surface area contributed by atoms with Crippen LogP contribution in [-0.2, 0) is 14.8 Å². The van der Waals surface area contributed by atoms with Gasteiger partial charge in [-0.1, -0.05) is 12.1 Å². The van der Waals surface area contributed by atoms with Crippen LogP contribution in [0.25, 0.3) is 0 Å². The lowest BCUT2D eigenvalue weighted by molar-refractivity contribution is -0.129. The Morgan fingerprint density at radius 1 is 1.20 bits per heavy atom. The van der Waals surface area contributed by atoms with Gasteiger partial charge in [0.15, 0.2) is 0 Å². The molecule has 2 aliphatic heterocycles. The number of carbonyl (C=O) groups is 2. The van der Waals surface area contributed by atoms with Crippen LogP contribution in [0.5, 0.6) is 5.75 Å². The number of likely N-dealkylation sites (N-methyl/N-ethyl adjacent to an activating group) is 1. The van der Waals surface area contributed by atoms with E-state index in [9.17, 15) is 18.0 Å². The maximum absolute atomic E-state index is 13.5. The van der Waals surface area contributed by atoms with Gasteiger partial charge in [0, 0.05) is 39.6 Å². The number of nitrogens with zero attached hydrogens (tertiary/aromatic N) is 3. The number of carbonyl (C=O) groups excluding carboxylic acids is 2. The molecule has 1 aromatic rings. The summed E-state index contributed by atoms with van der Waals surface area (Å²) in [6, 6.07) is 5.78. The number of para-hydroxylation sites is 1. The summed E-state index contributed by atoms with van der Waals surface area (Å²) >= 11 is 0. The fourth-order valence-electron chi connectivity index (χ4n) is 3.77. The molecule has 9 nitrogen and oxygen atoms in total. The van der Waals surface area contributed by atoms with E-state index in [2.05, 4.69) is 5.32 Å². The van der Waals surface area contributed by atoms with Crippen LogP contribution < -0.4 is 10.1 Å². The minimum atomic E-state index is -3.95. The van der Waals surface area contributed by atoms with Crippen LogP contribution >= 0.6 is 0 Å². The molecular weight excluding hydrogens is 408 g/mol. The van der Waals surface area contributed by atoms with Crippen molar-refractivity contribution in [2.75, 3.05) is 33.7 Å². The van der Waals surface area contributed by atoms with E-state index in [1.165, 1.54) is 15.3 Å². The molecule has 1 aromatic carbocycles. The highest BCUT2D eigenvalue weighted by Crippen LogP contribution is 2.36. The van der Waals surface area contributed by atoms with Crippen molar-refractivity contribution < 1.29 is 22.7 Å². The van der Waals surface area contributed by atoms with E-state index in [4.69, 9.17) is 4.74 Å². The fraction of sp³-hybridized carbons (Fsp3) is 0.600. The number of hydrogen-bond acceptors (Lipinski definition) is 5. The number of likely N-dealkylation sites (tertiary alicyclic amines) is 1. The third-order valence-corrected chi connectivity index (χ3v) is 7.29. The fourth-order valence-corrected chi connectivity index (χ4v) is 5.53. The van der Waals surface area contributed by atoms with Crippen molar-refractivity contribution in [3.8, 4) is 5.75 Å². The first kappa shape index (κ1) is 22.4. The van der Waals surface area contributed by atoms with Crippen molar-refractivity contribution in [1.82, 2.24) is 19.4 Å². The van der Waals surface area contributed by atoms with E-state index in [-0.39, 0.29) is 35.2 Å². The van der Waals surface area contributed by atoms with Gasteiger partial charge in [-0.25, -0.2) is 13.2 Å². The molecule has 0 aliphatic carbocycles. The van der Waals surface area contributed by atoms with Gasteiger partial charge in [0.2, 0.25) is 15.9 Å². The van der Waals surface area contributed by atoms with Gasteiger partial charge < -0.3 is 19.9 Å². The monoisotopic (exact) mass is 438 g/mol. The van der Waals surface area contributed by atoms with E-state index < -0.39 is 22.2 Å². The van der Waals surface area contributed by atoms with Crippen molar-refractivity contribution >= 4 is 22.0 Å². The van der Waals surface area contributed by atoms with Crippen molar-refractivity contribution in [2.24, 2.45) is 0 Å². The molecule has 0 radical (unpaired) electrons. The van der Waals surface area contributed by atoms with Crippen LogP contribution in [0, 0.1) is 0 Å². The Hall–Kier alpha value is -2.33. The Morgan fingerprint density at radius 2 is 1.87 bits per heavy atom. The molecule has 1 N–H and O–H groups in total. The van der Waals surface area contributed by atoms with Gasteiger partial charge in [-0.2, -0.15) is 4.31 Å². The van der Waals surface area contributed by atoms with Crippen LogP contribution in [0.3, 0.4) is 0 Å². The van der Waals surface area contributed by atoms with E-state index in [0.29, 0.717) is 25.9 Å². The summed E-state index contributed by atoms with van der Waals surface area (Å²) < 4.78 is 34.4. The Kier molecular flexibility index (Phi) is 6.56. The highest BCUT2D eigenvalue weighted by molar-refractivity contribution is 7.89. The van der Waals surface area contributed by atoms with Crippen LogP contribution in [-0.4, -0.2) is 86.4 Å². The maximum atomic E-state index is 13.5. The van der Waals surface area contributed by atoms with Crippen LogP contribution in [0.15, 0.2) is 29.2 Å². The van der Waals surface area contributed by atoms with Gasteiger partial charge in [0.05, 0.1) is 12.6 Å². The molecule has 0 bridgehead atoms. The number of rotatable bonds is 3. The predicted molar refractivity (Wildman–Crippen MR) is 112 cm³/mol. The SMILES string of the molecule is CC(C)NC(=O)N1CC[C@@H]2Oc3ccccc3S(=O)(=O)N(CC(=O)N(C)C)[C@H]2CC1. The second kappa shape index (κ2) is 8.81. The number of hydrogen-bond donors (Lipinski definition) is 1. The van der Waals surface area contributed by atoms with Crippen molar-refractivity contribution in [1.29, 1.82) is 0 Å². The van der Waals surface area contributed by atoms with Crippen molar-refractivity contribution in [3.63, 3.8) is 0 Å². The molecule has 0 unspecified atom stereocenters. The number of fused-ring (bicyclic) bond motifs is 2. The minimum absolute atomic E-state index is 0.00365. The molecule has 166 valence electrons. The molecule has 0 aromatic heterocycles. The first-order chi connectivity index (χ1) is 14.1. The first-order valence-electron chi connectivity index (χ1n) is 10.1. The van der Waals surface area contributed by atoms with E-state index >= 15 is 0 Å². The molecule has 3 rings (SSSR count). The van der Waals surface area contributed by atoms with Crippen LogP contribution in [0.1, 0.15) is 26.7 Å². The lowest BCUT2D eigenvalue weighted by Crippen LogP contribution is -2.50. The topological polar surface area (TPSA) is 99.3 Å². The lowest BCUT2D eigenvalue weighted by Gasteiger charge is -2.31. The van der Waals surface area contributed by atoms with Crippen LogP contribution in [0.2, 0.25) is 0 Å². The molecule has 1 saturated heterocycles. The highest BCUT2D eigenvalue weighted by Gasteiger charge is 2.44. The van der Waals surface area contributed by atoms with Crippen molar-refractivity contribution in [2.45, 2.75) is 49.8 Å². The molecule has 10 heteroatoms. The second-order valence-corrected chi connectivity index (χ2v) is 10.0. The quantitative estimate of drug-likeness (QED) is 0.762. The number of ether oxygens (including phenoxy) is 1. The summed E-state index contributed by atoms with van der Waals surface area (Å²) in [6.45, 7) is 4.33. The summed E-state index contributed by atoms with van der Waals surface area (Å²) in [4.78, 5) is 28.1. The zero-order chi connectivity index (χ0) is 22.1. The summed E-state index contributed by atoms with van der Waals surface area (Å²) in [7, 11) is -0.755. The number of urea groups is 1. The average molecular weight is 439 g/mol. The van der Waals surface area contributed by atoms with Gasteiger partial charge in [-0.3, -0.25) is 4.79 Å². The standard InChI is InChI=1S/C20H30N4O5S/c1-14(2)21-20(26)23-11-9-15-16(10-12-23)29-17-7-5-6-8-18(17)30(27,28)24(15)13-19(25)22(3)4/h5-8,14-16H,9-13H2,1-4H3,(H,21,26)/t15-,16-/m0/s1. The predicted octanol–water partition coefficient (Wildman–Crippen LogP) is 1.11. The van der Waals surface area contributed by atoms with Gasteiger partial charge >= 0.3 is 6.03 Å². The largest absolute Gasteiger partial charge is 0.487 e. The lowest BCUT2D eigenvalue weighted by atomic mass is 10.1. The molecule has 1 fully saturated rings. The second-order valence-electron chi connectivity index (χ2n) is 8.18. The number of benzene rings is 1. The Morgan fingerprint density at radius 3 is 2.53 bits per heavy atom. The van der Waals surface area contributed by atoms with E-state index in [1.807, 2.05) is 13.8 Å². The van der Waals surface area contributed by atoms with Crippen molar-refractivity contribution in [3.05, 3.63) is 24.3 Å². The molecule has 3 amide bonds. The number of sulfonamides is 1. The minimum Gasteiger partial charge on any atom is -0.487 e. The van der Waals surface area contributed by atoms with Gasteiger partial charge in [-0.05, 0) is 32.4 Å². The number of amides is 3. The number of nitrogens with one attached hydrogen (secondary N) is 1. The maximum Gasteiger partial charge on any atom is 0.317 e. The highest BCUT2D eigenvalue weighted by atomic mass is 32.2. The molecule has 0 spiro atoms. The zero-order valence-electron chi connectivity index (χ0n) is 17.9. The Labute approximate surface area is 178 Å². The smallest absolute Gasteiger partial charge is 0.317 e. The molecule has 2 aliphatic rings. The Balaban J connectivity index is 1.97. The zero-order valence-corrected chi connectivity index (χ0v) is 18.7. The third-order valence-electron chi connectivity index (χ3n) is 5.38. The molecule has 2 heterocycles. The molecule has 0 saturated carbocycles. The van der Waals surface area contributed by atoms with Gasteiger partial charge in [-0.15, -0.1) is 0 Å². The summed E-state index contributed by atoms with van der Waals surface area (Å²) in [5, 5.41) is 2.88. The van der Waals surface area contributed by atoms with E-state index in [1.54, 1.807) is 37.2 Å². The summed E-state index contributed by atoms with van der Waals surface area (Å²) in [6.07, 6.45) is 0.381. The summed E-state index contributed by atoms with van der Waals surface area (Å²) in [5.74, 6) is -0.0252. The van der Waals surface area contributed by atoms with Crippen LogP contribution in [0.4, 0.5) is 4.79 Å². The first-order valence-corrected chi connectivity index (χ1v) is 11.6. The molecule has 30 heavy (non-hydrogen) atoms. The Bertz CT molecular complexity index is 902.